The summed E-state index contributed by atoms with van der Waals surface area (Å²) >= 11 is 0. The number of ether oxygens (including phenoxy) is 2. The molecule has 5 rings (SSSR count). The number of H-pyrrole nitrogens is 1. The number of para-hydroxylation sites is 2. The molecule has 17 atom stereocenters. The lowest BCUT2D eigenvalue weighted by Crippen LogP contribution is -2.58. The van der Waals surface area contributed by atoms with Crippen molar-refractivity contribution < 1.29 is 131 Å². The van der Waals surface area contributed by atoms with Gasteiger partial charge in [-0.3, -0.25) is 91.6 Å². The van der Waals surface area contributed by atoms with Gasteiger partial charge in [-0.15, -0.1) is 0 Å². The lowest BCUT2D eigenvalue weighted by molar-refractivity contribution is -0.157. The molecule has 706 valence electrons. The number of unbranched alkanes of at least 4 members (excludes halogenated alkanes) is 6. The second-order valence-electron chi connectivity index (χ2n) is 32.9. The third-order valence-electron chi connectivity index (χ3n) is 22.3. The number of benzene rings is 2. The largest absolute Gasteiger partial charge is 0.481 e. The molecule has 12 amide bonds. The number of primary amides is 1. The molecule has 3 aromatic rings. The summed E-state index contributed by atoms with van der Waals surface area (Å²) in [6.07, 6.45) is -3.29. The average molecular weight is 1800 g/mol. The summed E-state index contributed by atoms with van der Waals surface area (Å²) in [6.45, 7) is 5.80. The number of Topliss-reactive ketones (excluding diaryl/α,β-unsaturated/α-hetero) is 3. The number of alkyl carbamates (subject to hydrolysis) is 1. The van der Waals surface area contributed by atoms with Crippen LogP contribution < -0.4 is 75.3 Å². The summed E-state index contributed by atoms with van der Waals surface area (Å²) in [5, 5.41) is 93.6. The van der Waals surface area contributed by atoms with Crippen LogP contribution in [0.25, 0.3) is 10.9 Å². The number of carboxylic acid groups (broad SMARTS) is 3. The van der Waals surface area contributed by atoms with Gasteiger partial charge in [-0.2, -0.15) is 0 Å². The van der Waals surface area contributed by atoms with Crippen LogP contribution >= 0.6 is 0 Å². The van der Waals surface area contributed by atoms with Crippen LogP contribution in [0.4, 0.5) is 10.5 Å². The van der Waals surface area contributed by atoms with Gasteiger partial charge in [0.05, 0.1) is 62.7 Å². The summed E-state index contributed by atoms with van der Waals surface area (Å²) in [7, 11) is 0. The van der Waals surface area contributed by atoms with E-state index in [9.17, 15) is 102 Å². The molecule has 23 N–H and O–H groups in total. The first-order chi connectivity index (χ1) is 60.5. The molecule has 0 bridgehead atoms. The van der Waals surface area contributed by atoms with Gasteiger partial charge in [0.15, 0.2) is 17.3 Å². The number of hydrogen-bond donors (Lipinski definition) is 21. The molecule has 1 saturated heterocycles. The number of carbonyl (C=O) groups excluding carboxylic acids is 16. The summed E-state index contributed by atoms with van der Waals surface area (Å²) in [5.41, 5.74) is 11.7. The predicted octanol–water partition coefficient (Wildman–Crippen LogP) is -0.203. The maximum Gasteiger partial charge on any atom is 0.407 e. The minimum absolute atomic E-state index is 0.00308. The van der Waals surface area contributed by atoms with Gasteiger partial charge in [-0.05, 0) is 108 Å². The number of nitrogens with one attached hydrogen (secondary N) is 13. The van der Waals surface area contributed by atoms with Crippen LogP contribution in [0, 0.1) is 29.1 Å². The van der Waals surface area contributed by atoms with Crippen LogP contribution in [0.5, 0.6) is 0 Å². The molecule has 128 heavy (non-hydrogen) atoms. The molecular weight excluding hydrogens is 1680 g/mol. The number of cyclic esters (lactones) is 1. The molecule has 0 saturated carbocycles. The van der Waals surface area contributed by atoms with Crippen molar-refractivity contribution in [2.75, 3.05) is 38.5 Å². The van der Waals surface area contributed by atoms with Crippen molar-refractivity contribution in [1.82, 2.24) is 68.8 Å². The van der Waals surface area contributed by atoms with E-state index in [0.29, 0.717) is 42.1 Å². The SMILES string of the molecule is CCCCCCCCCC(=O)N[C@@H](Cc1c[nH]c2ccccc12)C(=O)N[C@H](CC(N)=O)C(=O)C[C@@H](CC(=O)O)C(=O)N[C@@H]1C(=O)NCC(=O)N[C@@H](CCCNC(=O)O[C@@H]2/C=C/CC[C@](C)(C(=O)NCC(=O)O)CC2)C(=O)C[C@@H](C)C(=O)N[C@H](C)C(=O)N[C@@H](C)C(=O)NCC(=O)N[C@H](CO)C(O)C[C@@H](C(C)CC(=O)O)C(O)N[C@@H](CC(=O)c2ccccc2N)C(=O)O[C@@H]1C. The quantitative estimate of drug-likeness (QED) is 0.0117. The fourth-order valence-corrected chi connectivity index (χ4v) is 14.7. The number of aliphatic hydroxyl groups is 3. The minimum atomic E-state index is -2.35. The van der Waals surface area contributed by atoms with E-state index in [2.05, 4.69) is 75.7 Å². The van der Waals surface area contributed by atoms with Gasteiger partial charge in [0.25, 0.3) is 0 Å². The lowest BCUT2D eigenvalue weighted by Gasteiger charge is -2.34. The Morgan fingerprint density at radius 2 is 1.33 bits per heavy atom. The van der Waals surface area contributed by atoms with E-state index in [1.54, 1.807) is 49.5 Å². The highest BCUT2D eigenvalue weighted by molar-refractivity contribution is 6.04. The molecular formula is C86H125N15O27. The topological polar surface area (TPSA) is 676 Å². The summed E-state index contributed by atoms with van der Waals surface area (Å²) in [5.74, 6) is -26.4. The number of aromatic nitrogens is 1. The fourth-order valence-electron chi connectivity index (χ4n) is 14.7. The van der Waals surface area contributed by atoms with Crippen molar-refractivity contribution in [2.45, 2.75) is 263 Å². The Bertz CT molecular complexity index is 4420. The number of esters is 1. The summed E-state index contributed by atoms with van der Waals surface area (Å²) < 4.78 is 11.5. The van der Waals surface area contributed by atoms with E-state index in [-0.39, 0.29) is 56.3 Å². The lowest BCUT2D eigenvalue weighted by atomic mass is 9.78. The number of aliphatic carboxylic acids is 3. The Morgan fingerprint density at radius 3 is 1.99 bits per heavy atom. The van der Waals surface area contributed by atoms with Gasteiger partial charge in [-0.25, -0.2) is 4.79 Å². The van der Waals surface area contributed by atoms with Crippen molar-refractivity contribution in [1.29, 1.82) is 0 Å². The number of aromatic amines is 1. The number of nitrogens with two attached hydrogens (primary N) is 2. The van der Waals surface area contributed by atoms with Crippen LogP contribution in [-0.4, -0.2) is 254 Å². The van der Waals surface area contributed by atoms with Crippen LogP contribution in [0.15, 0.2) is 66.9 Å². The Balaban J connectivity index is 1.58. The molecule has 3 unspecified atom stereocenters. The summed E-state index contributed by atoms with van der Waals surface area (Å²) in [4.78, 5) is 264. The van der Waals surface area contributed by atoms with Crippen molar-refractivity contribution in [3.63, 3.8) is 0 Å². The van der Waals surface area contributed by atoms with Gasteiger partial charge in [-0.1, -0.05) is 103 Å². The van der Waals surface area contributed by atoms with E-state index >= 15 is 14.4 Å². The zero-order chi connectivity index (χ0) is 95.1. The first-order valence-corrected chi connectivity index (χ1v) is 42.9. The Labute approximate surface area is 739 Å². The molecule has 1 fully saturated rings. The maximum absolute atomic E-state index is 15.1. The second-order valence-corrected chi connectivity index (χ2v) is 32.9. The number of amides is 12. The number of fused-ring (bicyclic) bond motifs is 1. The first-order valence-electron chi connectivity index (χ1n) is 42.9. The predicted molar refractivity (Wildman–Crippen MR) is 458 cm³/mol. The minimum Gasteiger partial charge on any atom is -0.481 e. The first kappa shape index (κ1) is 106. The van der Waals surface area contributed by atoms with Crippen molar-refractivity contribution in [3.05, 3.63) is 78.0 Å². The molecule has 2 aliphatic rings. The molecule has 42 heteroatoms. The molecule has 1 aliphatic heterocycles. The highest BCUT2D eigenvalue weighted by Gasteiger charge is 2.42. The third-order valence-corrected chi connectivity index (χ3v) is 22.3. The van der Waals surface area contributed by atoms with Crippen LogP contribution in [0.3, 0.4) is 0 Å². The highest BCUT2D eigenvalue weighted by Crippen LogP contribution is 2.34. The van der Waals surface area contributed by atoms with E-state index in [4.69, 9.17) is 26.0 Å². The monoisotopic (exact) mass is 1800 g/mol. The Hall–Kier alpha value is -12.3. The van der Waals surface area contributed by atoms with Crippen LogP contribution in [-0.2, 0) is 97.4 Å². The molecule has 1 aliphatic carbocycles. The second kappa shape index (κ2) is 53.4. The van der Waals surface area contributed by atoms with E-state index < -0.39 is 285 Å². The van der Waals surface area contributed by atoms with Crippen molar-refractivity contribution in [3.8, 4) is 0 Å². The normalized spacial score (nSPS) is 24.3. The number of aliphatic hydroxyl groups excluding tert-OH is 3. The van der Waals surface area contributed by atoms with Gasteiger partial charge < -0.3 is 115 Å². The van der Waals surface area contributed by atoms with Crippen molar-refractivity contribution in [2.24, 2.45) is 34.8 Å². The van der Waals surface area contributed by atoms with Gasteiger partial charge in [0, 0.05) is 90.7 Å². The van der Waals surface area contributed by atoms with Crippen molar-refractivity contribution >= 4 is 129 Å². The zero-order valence-corrected chi connectivity index (χ0v) is 73.1. The number of ketones is 3. The molecule has 42 nitrogen and oxygen atoms in total. The Kier molecular flexibility index (Phi) is 44.3. The van der Waals surface area contributed by atoms with E-state index in [0.717, 1.165) is 39.0 Å². The molecule has 0 radical (unpaired) electrons. The van der Waals surface area contributed by atoms with E-state index in [1.165, 1.54) is 52.0 Å². The molecule has 1 aromatic heterocycles. The number of allylic oxidation sites excluding steroid dienone is 1. The highest BCUT2D eigenvalue weighted by atomic mass is 16.6. The van der Waals surface area contributed by atoms with E-state index in [1.807, 2.05) is 0 Å². The number of hydrogen-bond acceptors (Lipinski definition) is 26. The zero-order valence-electron chi connectivity index (χ0n) is 73.1. The fraction of sp³-hybridized carbons (Fsp3) is 0.593. The number of nitrogen functional groups attached to an aromatic ring is 1. The number of carbonyl (C=O) groups is 19. The van der Waals surface area contributed by atoms with Gasteiger partial charge in [0.2, 0.25) is 65.0 Å². The Morgan fingerprint density at radius 1 is 0.688 bits per heavy atom. The molecule has 2 heterocycles. The molecule has 0 spiro atoms. The summed E-state index contributed by atoms with van der Waals surface area (Å²) in [6, 6.07) is -1.45. The molecule has 2 aromatic carbocycles. The van der Waals surface area contributed by atoms with Gasteiger partial charge in [0.1, 0.15) is 55.2 Å². The standard InChI is InChI=1S/C86H125N15O27/c1-8-9-10-11-12-13-14-28-69(108)97-61(35-52-41-90-58-26-18-16-23-54(52)58)81(122)99-60(40-68(88)107)66(105)36-51(37-73(113)114)79(120)101-75-50(6)127-83(124)62(39-64(103)55-24-15-17-25-57(55)87)100-80(121)56(46(2)34-72(111)112)38-67(106)63(45-102)98-71(110)42-91-77(118)48(4)95-78(119)49(5)94-76(117)47(3)33-65(104)59(96-70(109)43-92-82(75)123)27-21-32-89-85(126)128-53-22-19-20-30-86(7,31-29-53)84(125)93-44-74(115)116/h15-19,22-26,41,46-51,53,56,59-63,67,75,80,90,100,102,106,121H,8-14,20-21,27-40,42-45,87H2,1-7H3,(H2,88,107)(H,89,126)(H,91,118)(H,92,123)(H,93,125)(H,94,117)(H,95,119)(H,96,109)(H,97,108)(H,98,110)(H,99,122)(H,101,120)(H,111,112)(H,113,114)(H,115,116)/b22-19+/t46?,47-,48+,49-,50-,51+,53-,56+,59+,60-,61+,62+,63-,67?,75+,80?,86+/m1/s1. The number of anilines is 1. The third kappa shape index (κ3) is 36.2. The smallest absolute Gasteiger partial charge is 0.407 e. The maximum atomic E-state index is 15.1. The average Bonchev–Trinajstić information content (AvgIpc) is 1.66. The number of carboxylic acids is 3. The van der Waals surface area contributed by atoms with Crippen LogP contribution in [0.1, 0.15) is 199 Å². The number of rotatable bonds is 37. The van der Waals surface area contributed by atoms with Crippen LogP contribution in [0.2, 0.25) is 0 Å². The van der Waals surface area contributed by atoms with Gasteiger partial charge >= 0.3 is 30.0 Å².